The van der Waals surface area contributed by atoms with Crippen LogP contribution in [0.15, 0.2) is 24.3 Å². The standard InChI is InChI=1S/C13H14FNO3/c14-8-9(4-3-7-16)15-12(17)10-5-1-2-6-11(10)13(15)18/h1-2,5-6,9,16H,3-4,7-8H2. The number of benzene rings is 1. The summed E-state index contributed by atoms with van der Waals surface area (Å²) in [6, 6.07) is 5.69. The summed E-state index contributed by atoms with van der Waals surface area (Å²) in [6.45, 7) is -0.870. The van der Waals surface area contributed by atoms with Gasteiger partial charge < -0.3 is 5.11 Å². The van der Waals surface area contributed by atoms with E-state index in [2.05, 4.69) is 0 Å². The molecule has 1 unspecified atom stereocenters. The number of halogens is 1. The van der Waals surface area contributed by atoms with Crippen molar-refractivity contribution in [2.45, 2.75) is 18.9 Å². The van der Waals surface area contributed by atoms with Crippen LogP contribution in [0.3, 0.4) is 0 Å². The van der Waals surface area contributed by atoms with Crippen LogP contribution in [-0.4, -0.2) is 41.1 Å². The zero-order valence-corrected chi connectivity index (χ0v) is 9.80. The number of rotatable bonds is 5. The fraction of sp³-hybridized carbons (Fsp3) is 0.385. The zero-order chi connectivity index (χ0) is 13.1. The van der Waals surface area contributed by atoms with Crippen LogP contribution in [-0.2, 0) is 0 Å². The molecule has 5 heteroatoms. The lowest BCUT2D eigenvalue weighted by atomic mass is 10.1. The molecule has 1 aromatic carbocycles. The van der Waals surface area contributed by atoms with Crippen molar-refractivity contribution < 1.29 is 19.1 Å². The number of carbonyl (C=O) groups is 2. The molecule has 1 N–H and O–H groups in total. The molecule has 2 amide bonds. The fourth-order valence-corrected chi connectivity index (χ4v) is 2.14. The van der Waals surface area contributed by atoms with E-state index in [1.165, 1.54) is 0 Å². The van der Waals surface area contributed by atoms with Crippen LogP contribution in [0.25, 0.3) is 0 Å². The second-order valence-corrected chi connectivity index (χ2v) is 4.20. The van der Waals surface area contributed by atoms with Crippen LogP contribution in [0.2, 0.25) is 0 Å². The maximum atomic E-state index is 13.0. The number of amides is 2. The van der Waals surface area contributed by atoms with Crippen molar-refractivity contribution in [1.82, 2.24) is 4.90 Å². The van der Waals surface area contributed by atoms with E-state index in [0.717, 1.165) is 4.90 Å². The normalized spacial score (nSPS) is 16.0. The molecule has 1 aromatic rings. The summed E-state index contributed by atoms with van der Waals surface area (Å²) in [6.07, 6.45) is 0.639. The van der Waals surface area contributed by atoms with E-state index in [0.29, 0.717) is 17.5 Å². The van der Waals surface area contributed by atoms with Gasteiger partial charge in [-0.2, -0.15) is 0 Å². The van der Waals surface area contributed by atoms with Gasteiger partial charge in [-0.05, 0) is 25.0 Å². The molecule has 0 radical (unpaired) electrons. The Morgan fingerprint density at radius 2 is 1.72 bits per heavy atom. The quantitative estimate of drug-likeness (QED) is 0.805. The lowest BCUT2D eigenvalue weighted by Gasteiger charge is -2.23. The predicted octanol–water partition coefficient (Wildman–Crippen LogP) is 1.39. The second-order valence-electron chi connectivity index (χ2n) is 4.20. The number of fused-ring (bicyclic) bond motifs is 1. The first-order valence-electron chi connectivity index (χ1n) is 5.84. The Morgan fingerprint density at radius 3 is 2.17 bits per heavy atom. The molecule has 0 bridgehead atoms. The van der Waals surface area contributed by atoms with Gasteiger partial charge in [0.25, 0.3) is 11.8 Å². The monoisotopic (exact) mass is 251 g/mol. The van der Waals surface area contributed by atoms with Gasteiger partial charge in [0.15, 0.2) is 0 Å². The van der Waals surface area contributed by atoms with Crippen molar-refractivity contribution in [3.05, 3.63) is 35.4 Å². The van der Waals surface area contributed by atoms with Gasteiger partial charge in [0.05, 0.1) is 17.2 Å². The van der Waals surface area contributed by atoms with Gasteiger partial charge in [0.2, 0.25) is 0 Å². The summed E-state index contributed by atoms with van der Waals surface area (Å²) in [4.78, 5) is 25.1. The van der Waals surface area contributed by atoms with Crippen LogP contribution in [0, 0.1) is 0 Å². The molecule has 0 spiro atoms. The lowest BCUT2D eigenvalue weighted by molar-refractivity contribution is 0.0542. The highest BCUT2D eigenvalue weighted by atomic mass is 19.1. The van der Waals surface area contributed by atoms with Crippen LogP contribution >= 0.6 is 0 Å². The molecule has 0 aromatic heterocycles. The van der Waals surface area contributed by atoms with Crippen LogP contribution < -0.4 is 0 Å². The minimum atomic E-state index is -0.787. The SMILES string of the molecule is O=C1c2ccccc2C(=O)N1C(CF)CCCO. The molecule has 0 saturated carbocycles. The first kappa shape index (κ1) is 12.7. The van der Waals surface area contributed by atoms with Gasteiger partial charge in [-0.25, -0.2) is 4.39 Å². The average Bonchev–Trinajstić information content (AvgIpc) is 2.65. The van der Waals surface area contributed by atoms with E-state index in [1.807, 2.05) is 0 Å². The van der Waals surface area contributed by atoms with Crippen LogP contribution in [0.1, 0.15) is 33.6 Å². The maximum Gasteiger partial charge on any atom is 0.261 e. The Balaban J connectivity index is 2.26. The number of aliphatic hydroxyl groups excluding tert-OH is 1. The van der Waals surface area contributed by atoms with Crippen molar-refractivity contribution in [2.75, 3.05) is 13.3 Å². The molecular formula is C13H14FNO3. The Morgan fingerprint density at radius 1 is 1.17 bits per heavy atom. The Bertz CT molecular complexity index is 440. The van der Waals surface area contributed by atoms with Crippen LogP contribution in [0.4, 0.5) is 4.39 Å². The third-order valence-electron chi connectivity index (χ3n) is 3.06. The van der Waals surface area contributed by atoms with Gasteiger partial charge in [-0.1, -0.05) is 12.1 Å². The molecule has 1 atom stereocenters. The minimum absolute atomic E-state index is 0.0837. The fourth-order valence-electron chi connectivity index (χ4n) is 2.14. The smallest absolute Gasteiger partial charge is 0.261 e. The van der Waals surface area contributed by atoms with Gasteiger partial charge >= 0.3 is 0 Å². The number of hydrogen-bond donors (Lipinski definition) is 1. The lowest BCUT2D eigenvalue weighted by Crippen LogP contribution is -2.41. The predicted molar refractivity (Wildman–Crippen MR) is 63.0 cm³/mol. The summed E-state index contributed by atoms with van der Waals surface area (Å²) in [5.74, 6) is -0.896. The van der Waals surface area contributed by atoms with Crippen molar-refractivity contribution in [3.8, 4) is 0 Å². The second kappa shape index (κ2) is 5.27. The van der Waals surface area contributed by atoms with E-state index < -0.39 is 24.5 Å². The molecular weight excluding hydrogens is 237 g/mol. The van der Waals surface area contributed by atoms with E-state index in [1.54, 1.807) is 24.3 Å². The molecule has 96 valence electrons. The highest BCUT2D eigenvalue weighted by Gasteiger charge is 2.39. The highest BCUT2D eigenvalue weighted by Crippen LogP contribution is 2.26. The molecule has 0 saturated heterocycles. The van der Waals surface area contributed by atoms with Crippen molar-refractivity contribution >= 4 is 11.8 Å². The van der Waals surface area contributed by atoms with Gasteiger partial charge in [0.1, 0.15) is 6.67 Å². The molecule has 1 heterocycles. The summed E-state index contributed by atoms with van der Waals surface area (Å²) in [5, 5.41) is 8.75. The van der Waals surface area contributed by atoms with Gasteiger partial charge in [0, 0.05) is 6.61 Å². The summed E-state index contributed by atoms with van der Waals surface area (Å²) >= 11 is 0. The van der Waals surface area contributed by atoms with E-state index in [4.69, 9.17) is 5.11 Å². The van der Waals surface area contributed by atoms with Crippen molar-refractivity contribution in [1.29, 1.82) is 0 Å². The van der Waals surface area contributed by atoms with Crippen molar-refractivity contribution in [3.63, 3.8) is 0 Å². The zero-order valence-electron chi connectivity index (χ0n) is 9.80. The molecule has 2 rings (SSSR count). The average molecular weight is 251 g/mol. The highest BCUT2D eigenvalue weighted by molar-refractivity contribution is 6.21. The Kier molecular flexibility index (Phi) is 3.72. The van der Waals surface area contributed by atoms with Gasteiger partial charge in [-0.15, -0.1) is 0 Å². The number of aliphatic hydroxyl groups is 1. The van der Waals surface area contributed by atoms with E-state index >= 15 is 0 Å². The Hall–Kier alpha value is -1.75. The van der Waals surface area contributed by atoms with Crippen molar-refractivity contribution in [2.24, 2.45) is 0 Å². The first-order valence-corrected chi connectivity index (χ1v) is 5.84. The summed E-state index contributed by atoms with van der Waals surface area (Å²) in [7, 11) is 0. The number of alkyl halides is 1. The third-order valence-corrected chi connectivity index (χ3v) is 3.06. The molecule has 1 aliphatic rings. The molecule has 4 nitrogen and oxygen atoms in total. The number of imide groups is 1. The number of carbonyl (C=O) groups excluding carboxylic acids is 2. The molecule has 1 aliphatic heterocycles. The van der Waals surface area contributed by atoms with Crippen LogP contribution in [0.5, 0.6) is 0 Å². The van der Waals surface area contributed by atoms with E-state index in [9.17, 15) is 14.0 Å². The van der Waals surface area contributed by atoms with Gasteiger partial charge in [-0.3, -0.25) is 14.5 Å². The minimum Gasteiger partial charge on any atom is -0.396 e. The van der Waals surface area contributed by atoms with E-state index in [-0.39, 0.29) is 13.0 Å². The summed E-state index contributed by atoms with van der Waals surface area (Å²) in [5.41, 5.74) is 0.648. The third kappa shape index (κ3) is 2.01. The largest absolute Gasteiger partial charge is 0.396 e. The number of hydrogen-bond acceptors (Lipinski definition) is 3. The maximum absolute atomic E-state index is 13.0. The summed E-state index contributed by atoms with van der Waals surface area (Å²) < 4.78 is 13.0. The molecule has 18 heavy (non-hydrogen) atoms. The first-order chi connectivity index (χ1) is 8.70. The Labute approximate surface area is 104 Å². The molecule has 0 fully saturated rings. The topological polar surface area (TPSA) is 57.6 Å². The molecule has 0 aliphatic carbocycles. The number of nitrogens with zero attached hydrogens (tertiary/aromatic N) is 1.